The number of rotatable bonds is 5. The lowest BCUT2D eigenvalue weighted by atomic mass is 10.1. The molecule has 2 aliphatic rings. The maximum atomic E-state index is 12.0. The highest BCUT2D eigenvalue weighted by Crippen LogP contribution is 2.36. The lowest BCUT2D eigenvalue weighted by Gasteiger charge is -2.28. The number of nitrogens with one attached hydrogen (secondary N) is 1. The van der Waals surface area contributed by atoms with Gasteiger partial charge < -0.3 is 9.64 Å². The summed E-state index contributed by atoms with van der Waals surface area (Å²) in [5, 5.41) is 7.94. The molecule has 0 radical (unpaired) electrons. The Labute approximate surface area is 201 Å². The summed E-state index contributed by atoms with van der Waals surface area (Å²) in [6.07, 6.45) is 3.85. The second kappa shape index (κ2) is 8.56. The van der Waals surface area contributed by atoms with Gasteiger partial charge in [-0.3, -0.25) is 10.00 Å². The number of fused-ring (bicyclic) bond motifs is 2. The number of ether oxygens (including phenoxy) is 1. The topological polar surface area (TPSA) is 104 Å². The molecule has 2 aliphatic heterocycles. The van der Waals surface area contributed by atoms with Crippen LogP contribution in [0.2, 0.25) is 0 Å². The van der Waals surface area contributed by atoms with Crippen LogP contribution in [0.5, 0.6) is 0 Å². The Bertz CT molecular complexity index is 1460. The predicted octanol–water partition coefficient (Wildman–Crippen LogP) is 2.69. The summed E-state index contributed by atoms with van der Waals surface area (Å²) in [4.78, 5) is 15.7. The molecule has 3 aromatic heterocycles. The van der Waals surface area contributed by atoms with Crippen LogP contribution in [0.15, 0.2) is 30.5 Å². The van der Waals surface area contributed by atoms with Crippen molar-refractivity contribution in [1.29, 1.82) is 0 Å². The second-order valence-electron chi connectivity index (χ2n) is 9.01. The van der Waals surface area contributed by atoms with Gasteiger partial charge in [0.15, 0.2) is 21.5 Å². The number of hydrogen-bond acceptors (Lipinski definition) is 9. The van der Waals surface area contributed by atoms with Gasteiger partial charge in [0.25, 0.3) is 0 Å². The Morgan fingerprint density at radius 1 is 1.21 bits per heavy atom. The van der Waals surface area contributed by atoms with E-state index < -0.39 is 9.84 Å². The van der Waals surface area contributed by atoms with Crippen molar-refractivity contribution in [3.63, 3.8) is 0 Å². The number of thiophene rings is 1. The van der Waals surface area contributed by atoms with Crippen LogP contribution in [-0.4, -0.2) is 84.4 Å². The van der Waals surface area contributed by atoms with Crippen LogP contribution in [0.3, 0.4) is 0 Å². The number of morpholine rings is 1. The third-order valence-electron chi connectivity index (χ3n) is 6.66. The molecule has 6 rings (SSSR count). The largest absolute Gasteiger partial charge is 0.378 e. The molecule has 1 aromatic carbocycles. The smallest absolute Gasteiger partial charge is 0.162 e. The van der Waals surface area contributed by atoms with Crippen LogP contribution < -0.4 is 4.90 Å². The van der Waals surface area contributed by atoms with Crippen LogP contribution in [0.1, 0.15) is 11.3 Å². The summed E-state index contributed by atoms with van der Waals surface area (Å²) >= 11 is 1.71. The molecule has 1 atom stereocenters. The first-order valence-electron chi connectivity index (χ1n) is 11.4. The summed E-state index contributed by atoms with van der Waals surface area (Å²) in [5.74, 6) is 1.62. The summed E-state index contributed by atoms with van der Waals surface area (Å²) in [6.45, 7) is 5.04. The van der Waals surface area contributed by atoms with Gasteiger partial charge in [0, 0.05) is 48.3 Å². The van der Waals surface area contributed by atoms with E-state index in [1.165, 1.54) is 11.1 Å². The minimum Gasteiger partial charge on any atom is -0.378 e. The molecular weight excluding hydrogens is 472 g/mol. The molecular formula is C23H26N6O3S2. The highest BCUT2D eigenvalue weighted by atomic mass is 32.2. The van der Waals surface area contributed by atoms with Gasteiger partial charge in [-0.1, -0.05) is 12.1 Å². The Kier molecular flexibility index (Phi) is 5.51. The molecule has 2 fully saturated rings. The van der Waals surface area contributed by atoms with Gasteiger partial charge in [0.2, 0.25) is 0 Å². The van der Waals surface area contributed by atoms with Crippen molar-refractivity contribution in [1.82, 2.24) is 25.1 Å². The quantitative estimate of drug-likeness (QED) is 0.448. The molecule has 5 heterocycles. The Balaban J connectivity index is 1.40. The van der Waals surface area contributed by atoms with E-state index >= 15 is 0 Å². The summed E-state index contributed by atoms with van der Waals surface area (Å²) < 4.78 is 30.6. The first-order valence-corrected chi connectivity index (χ1v) is 14.2. The van der Waals surface area contributed by atoms with Gasteiger partial charge in [-0.15, -0.1) is 11.3 Å². The first kappa shape index (κ1) is 21.9. The van der Waals surface area contributed by atoms with Gasteiger partial charge in [0.1, 0.15) is 0 Å². The first-order chi connectivity index (χ1) is 16.5. The number of aromatic nitrogens is 4. The number of aromatic amines is 1. The molecule has 1 N–H and O–H groups in total. The van der Waals surface area contributed by atoms with Crippen molar-refractivity contribution in [3.05, 3.63) is 35.3 Å². The van der Waals surface area contributed by atoms with E-state index in [1.807, 2.05) is 24.4 Å². The number of anilines is 1. The van der Waals surface area contributed by atoms with E-state index in [4.69, 9.17) is 14.7 Å². The lowest BCUT2D eigenvalue weighted by molar-refractivity contribution is 0.122. The van der Waals surface area contributed by atoms with Gasteiger partial charge in [-0.05, 0) is 25.1 Å². The average Bonchev–Trinajstić information content (AvgIpc) is 3.57. The number of benzene rings is 1. The third kappa shape index (κ3) is 4.06. The fraction of sp³-hybridized carbons (Fsp3) is 0.435. The van der Waals surface area contributed by atoms with E-state index in [1.54, 1.807) is 11.3 Å². The van der Waals surface area contributed by atoms with E-state index in [2.05, 4.69) is 26.1 Å². The highest BCUT2D eigenvalue weighted by molar-refractivity contribution is 7.91. The Morgan fingerprint density at radius 3 is 2.85 bits per heavy atom. The molecule has 34 heavy (non-hydrogen) atoms. The SMILES string of the molecule is CS(=O)(=O)C1CCN(Cc2cc3nc(-c4cccc5[nH]ncc45)nc(N4CCOCC4)c3s2)C1. The van der Waals surface area contributed by atoms with Crippen LogP contribution in [0.25, 0.3) is 32.5 Å². The fourth-order valence-electron chi connectivity index (χ4n) is 4.83. The van der Waals surface area contributed by atoms with E-state index in [9.17, 15) is 8.42 Å². The highest BCUT2D eigenvalue weighted by Gasteiger charge is 2.30. The molecule has 0 amide bonds. The van der Waals surface area contributed by atoms with Crippen molar-refractivity contribution >= 4 is 48.1 Å². The van der Waals surface area contributed by atoms with Crippen molar-refractivity contribution in [2.24, 2.45) is 0 Å². The van der Waals surface area contributed by atoms with Crippen LogP contribution in [-0.2, 0) is 21.1 Å². The molecule has 178 valence electrons. The minimum atomic E-state index is -3.01. The number of likely N-dealkylation sites (tertiary alicyclic amines) is 1. The zero-order valence-electron chi connectivity index (χ0n) is 18.9. The van der Waals surface area contributed by atoms with Crippen LogP contribution in [0, 0.1) is 0 Å². The van der Waals surface area contributed by atoms with Gasteiger partial charge in [0.05, 0.1) is 40.4 Å². The molecule has 9 nitrogen and oxygen atoms in total. The molecule has 11 heteroatoms. The van der Waals surface area contributed by atoms with Gasteiger partial charge >= 0.3 is 0 Å². The zero-order valence-corrected chi connectivity index (χ0v) is 20.5. The standard InChI is InChI=1S/C23H26N6O3S2/c1-34(30,31)16-5-6-28(14-16)13-15-11-20-21(33-15)23(29-7-9-32-10-8-29)26-22(25-20)17-3-2-4-19-18(17)12-24-27-19/h2-4,11-12,16H,5-10,13-14H2,1H3,(H,24,27). The zero-order chi connectivity index (χ0) is 23.3. The van der Waals surface area contributed by atoms with Crippen LogP contribution in [0.4, 0.5) is 5.82 Å². The van der Waals surface area contributed by atoms with Crippen molar-refractivity contribution < 1.29 is 13.2 Å². The summed E-state index contributed by atoms with van der Waals surface area (Å²) in [6, 6.07) is 8.15. The van der Waals surface area contributed by atoms with Crippen molar-refractivity contribution in [2.75, 3.05) is 50.5 Å². The Hall–Kier alpha value is -2.60. The number of H-pyrrole nitrogens is 1. The molecule has 0 aliphatic carbocycles. The maximum Gasteiger partial charge on any atom is 0.162 e. The minimum absolute atomic E-state index is 0.271. The van der Waals surface area contributed by atoms with Crippen molar-refractivity contribution in [3.8, 4) is 11.4 Å². The average molecular weight is 499 g/mol. The molecule has 4 aromatic rings. The third-order valence-corrected chi connectivity index (χ3v) is 9.36. The molecule has 0 saturated carbocycles. The molecule has 1 unspecified atom stereocenters. The van der Waals surface area contributed by atoms with Gasteiger partial charge in [-0.2, -0.15) is 5.10 Å². The number of sulfone groups is 1. The number of hydrogen-bond donors (Lipinski definition) is 1. The second-order valence-corrected chi connectivity index (χ2v) is 12.5. The molecule has 2 saturated heterocycles. The molecule has 0 bridgehead atoms. The van der Waals surface area contributed by atoms with E-state index in [-0.39, 0.29) is 5.25 Å². The van der Waals surface area contributed by atoms with E-state index in [0.29, 0.717) is 32.0 Å². The molecule has 0 spiro atoms. The van der Waals surface area contributed by atoms with E-state index in [0.717, 1.165) is 58.7 Å². The van der Waals surface area contributed by atoms with Crippen LogP contribution >= 0.6 is 11.3 Å². The number of nitrogens with zero attached hydrogens (tertiary/aromatic N) is 5. The normalized spacial score (nSPS) is 20.0. The van der Waals surface area contributed by atoms with Gasteiger partial charge in [-0.25, -0.2) is 18.4 Å². The monoisotopic (exact) mass is 498 g/mol. The fourth-order valence-corrected chi connectivity index (χ4v) is 7.00. The predicted molar refractivity (Wildman–Crippen MR) is 134 cm³/mol. The summed E-state index contributed by atoms with van der Waals surface area (Å²) in [5.41, 5.74) is 2.83. The van der Waals surface area contributed by atoms with Crippen molar-refractivity contribution in [2.45, 2.75) is 18.2 Å². The summed E-state index contributed by atoms with van der Waals surface area (Å²) in [7, 11) is -3.01. The lowest BCUT2D eigenvalue weighted by Crippen LogP contribution is -2.36. The maximum absolute atomic E-state index is 12.0. The Morgan fingerprint density at radius 2 is 2.06 bits per heavy atom.